The molecule has 0 aliphatic heterocycles. The monoisotopic (exact) mass is 189 g/mol. The predicted octanol–water partition coefficient (Wildman–Crippen LogP) is -3.56. The topological polar surface area (TPSA) is 66.2 Å². The maximum Gasteiger partial charge on any atom is 1.00 e. The third-order valence-corrected chi connectivity index (χ3v) is 1.41. The van der Waals surface area contributed by atoms with Gasteiger partial charge in [0, 0.05) is 0 Å². The normalized spacial score (nSPS) is 11.4. The molecule has 0 radical (unpaired) electrons. The smallest absolute Gasteiger partial charge is 0.548 e. The fraction of sp³-hybridized carbons (Fsp3) is 0.125. The van der Waals surface area contributed by atoms with Gasteiger partial charge in [-0.1, -0.05) is 30.3 Å². The Morgan fingerprint density at radius 3 is 2.25 bits per heavy atom. The first-order valence-corrected chi connectivity index (χ1v) is 3.23. The number of rotatable bonds is 2. The number of aliphatic carboxylic acids is 1. The number of carboxylic acid groups (broad SMARTS) is 1. The van der Waals surface area contributed by atoms with Crippen molar-refractivity contribution in [2.75, 3.05) is 0 Å². The van der Waals surface area contributed by atoms with Crippen LogP contribution in [0.2, 0.25) is 0 Å². The summed E-state index contributed by atoms with van der Waals surface area (Å²) in [5.74, 6) is -1.25. The van der Waals surface area contributed by atoms with E-state index in [-0.39, 0.29) is 51.4 Å². The van der Waals surface area contributed by atoms with Crippen LogP contribution in [0.3, 0.4) is 0 Å². The Bertz CT molecular complexity index is 250. The van der Waals surface area contributed by atoms with E-state index in [1.165, 1.54) is 0 Å². The number of benzene rings is 1. The van der Waals surface area contributed by atoms with Crippen molar-refractivity contribution in [3.05, 3.63) is 35.9 Å². The summed E-state index contributed by atoms with van der Waals surface area (Å²) in [6.07, 6.45) is 0. The van der Waals surface area contributed by atoms with Crippen molar-refractivity contribution >= 4 is 5.97 Å². The summed E-state index contributed by atoms with van der Waals surface area (Å²) in [6.45, 7) is 0. The Morgan fingerprint density at radius 1 is 1.33 bits per heavy atom. The molecule has 12 heavy (non-hydrogen) atoms. The van der Waals surface area contributed by atoms with E-state index in [0.717, 1.165) is 0 Å². The van der Waals surface area contributed by atoms with Gasteiger partial charge in [-0.05, 0) is 5.56 Å². The van der Waals surface area contributed by atoms with E-state index in [4.69, 9.17) is 5.73 Å². The molecule has 0 spiro atoms. The summed E-state index contributed by atoms with van der Waals surface area (Å²) >= 11 is 0. The molecule has 0 heterocycles. The van der Waals surface area contributed by atoms with Gasteiger partial charge in [0.25, 0.3) is 0 Å². The minimum Gasteiger partial charge on any atom is -0.548 e. The second-order valence-corrected chi connectivity index (χ2v) is 2.21. The van der Waals surface area contributed by atoms with Crippen molar-refractivity contribution in [1.29, 1.82) is 0 Å². The van der Waals surface area contributed by atoms with Crippen LogP contribution in [0.1, 0.15) is 11.6 Å². The van der Waals surface area contributed by atoms with Gasteiger partial charge in [-0.2, -0.15) is 0 Å². The molecule has 1 aromatic carbocycles. The molecule has 4 heteroatoms. The molecule has 58 valence electrons. The molecular formula is C8H8KNO2. The Kier molecular flexibility index (Phi) is 5.99. The SMILES string of the molecule is N[C@@H](C(=O)[O-])c1ccccc1.[K+]. The van der Waals surface area contributed by atoms with Crippen LogP contribution in [-0.4, -0.2) is 5.97 Å². The number of carboxylic acids is 1. The first kappa shape index (κ1) is 12.3. The zero-order valence-electron chi connectivity index (χ0n) is 6.86. The van der Waals surface area contributed by atoms with Crippen molar-refractivity contribution in [2.45, 2.75) is 6.04 Å². The fourth-order valence-corrected chi connectivity index (χ4v) is 0.796. The summed E-state index contributed by atoms with van der Waals surface area (Å²) < 4.78 is 0. The minimum atomic E-state index is -1.25. The average Bonchev–Trinajstić information content (AvgIpc) is 2.05. The van der Waals surface area contributed by atoms with Crippen molar-refractivity contribution in [3.8, 4) is 0 Å². The van der Waals surface area contributed by atoms with Gasteiger partial charge < -0.3 is 15.6 Å². The van der Waals surface area contributed by atoms with Gasteiger partial charge in [0.05, 0.1) is 12.0 Å². The average molecular weight is 189 g/mol. The van der Waals surface area contributed by atoms with Crippen LogP contribution in [0.4, 0.5) is 0 Å². The number of hydrogen-bond acceptors (Lipinski definition) is 3. The standard InChI is InChI=1S/C8H9NO2.K/c9-7(8(10)11)6-4-2-1-3-5-6;/h1-5,7H,9H2,(H,10,11);/q;+1/p-1/t7-;/m1./s1. The van der Waals surface area contributed by atoms with Gasteiger partial charge in [0.1, 0.15) is 0 Å². The molecule has 0 aromatic heterocycles. The third kappa shape index (κ3) is 3.34. The molecule has 1 atom stereocenters. The minimum absolute atomic E-state index is 0. The molecule has 0 aliphatic carbocycles. The maximum atomic E-state index is 10.3. The molecule has 0 bridgehead atoms. The van der Waals surface area contributed by atoms with Crippen molar-refractivity contribution in [1.82, 2.24) is 0 Å². The van der Waals surface area contributed by atoms with E-state index >= 15 is 0 Å². The third-order valence-electron chi connectivity index (χ3n) is 1.41. The molecule has 0 aliphatic rings. The number of nitrogens with two attached hydrogens (primary N) is 1. The maximum absolute atomic E-state index is 10.3. The van der Waals surface area contributed by atoms with Crippen molar-refractivity contribution < 1.29 is 61.3 Å². The van der Waals surface area contributed by atoms with Gasteiger partial charge in [-0.3, -0.25) is 0 Å². The van der Waals surface area contributed by atoms with Crippen LogP contribution in [0, 0.1) is 0 Å². The first-order valence-electron chi connectivity index (χ1n) is 3.23. The largest absolute Gasteiger partial charge is 1.00 e. The second kappa shape index (κ2) is 5.85. The molecule has 0 saturated carbocycles. The summed E-state index contributed by atoms with van der Waals surface area (Å²) in [4.78, 5) is 10.3. The summed E-state index contributed by atoms with van der Waals surface area (Å²) in [5.41, 5.74) is 5.84. The van der Waals surface area contributed by atoms with E-state index < -0.39 is 12.0 Å². The second-order valence-electron chi connectivity index (χ2n) is 2.21. The molecule has 0 unspecified atom stereocenters. The zero-order valence-corrected chi connectivity index (χ0v) is 9.98. The van der Waals surface area contributed by atoms with E-state index in [1.54, 1.807) is 30.3 Å². The Morgan fingerprint density at radius 2 is 1.83 bits per heavy atom. The summed E-state index contributed by atoms with van der Waals surface area (Å²) in [5, 5.41) is 10.3. The number of hydrogen-bond donors (Lipinski definition) is 1. The molecule has 2 N–H and O–H groups in total. The Labute approximate surface area is 113 Å². The van der Waals surface area contributed by atoms with E-state index in [9.17, 15) is 9.90 Å². The summed E-state index contributed by atoms with van der Waals surface area (Å²) in [7, 11) is 0. The molecule has 0 saturated heterocycles. The van der Waals surface area contributed by atoms with E-state index in [0.29, 0.717) is 5.56 Å². The van der Waals surface area contributed by atoms with Crippen LogP contribution in [-0.2, 0) is 4.79 Å². The summed E-state index contributed by atoms with van der Waals surface area (Å²) in [6, 6.07) is 7.55. The van der Waals surface area contributed by atoms with Crippen LogP contribution in [0.25, 0.3) is 0 Å². The van der Waals surface area contributed by atoms with Crippen LogP contribution >= 0.6 is 0 Å². The molecule has 1 rings (SSSR count). The predicted molar refractivity (Wildman–Crippen MR) is 38.4 cm³/mol. The van der Waals surface area contributed by atoms with Crippen LogP contribution in [0.15, 0.2) is 30.3 Å². The Balaban J connectivity index is 0.00000121. The van der Waals surface area contributed by atoms with E-state index in [2.05, 4.69) is 0 Å². The zero-order chi connectivity index (χ0) is 8.27. The fourth-order valence-electron chi connectivity index (χ4n) is 0.796. The molecule has 0 amide bonds. The van der Waals surface area contributed by atoms with Gasteiger partial charge >= 0.3 is 51.4 Å². The molecule has 3 nitrogen and oxygen atoms in total. The van der Waals surface area contributed by atoms with Crippen LogP contribution < -0.4 is 62.2 Å². The molecule has 1 aromatic rings. The van der Waals surface area contributed by atoms with E-state index in [1.807, 2.05) is 0 Å². The first-order chi connectivity index (χ1) is 5.22. The van der Waals surface area contributed by atoms with Crippen molar-refractivity contribution in [2.24, 2.45) is 5.73 Å². The van der Waals surface area contributed by atoms with Gasteiger partial charge in [-0.25, -0.2) is 0 Å². The van der Waals surface area contributed by atoms with Gasteiger partial charge in [0.15, 0.2) is 0 Å². The number of carbonyl (C=O) groups excluding carboxylic acids is 1. The quantitative estimate of drug-likeness (QED) is 0.490. The number of carbonyl (C=O) groups is 1. The molecule has 0 fully saturated rings. The van der Waals surface area contributed by atoms with Gasteiger partial charge in [-0.15, -0.1) is 0 Å². The molecular weight excluding hydrogens is 181 g/mol. The van der Waals surface area contributed by atoms with Crippen LogP contribution in [0.5, 0.6) is 0 Å². The van der Waals surface area contributed by atoms with Crippen molar-refractivity contribution in [3.63, 3.8) is 0 Å². The van der Waals surface area contributed by atoms with Gasteiger partial charge in [0.2, 0.25) is 0 Å². The Hall–Kier alpha value is 0.286.